The standard InChI is InChI=1S/C13H10Cl3N3O/c14-9-5-11(16)12(6-10(9)15)18-13(20)7-1-3-8(19-17)4-2-7/h1-6,19H,17H2,(H,18,20). The fourth-order valence-electron chi connectivity index (χ4n) is 1.53. The van der Waals surface area contributed by atoms with E-state index in [0.717, 1.165) is 0 Å². The molecule has 0 aromatic heterocycles. The van der Waals surface area contributed by atoms with Gasteiger partial charge in [0.15, 0.2) is 0 Å². The van der Waals surface area contributed by atoms with Gasteiger partial charge in [0, 0.05) is 11.3 Å². The van der Waals surface area contributed by atoms with Crippen molar-refractivity contribution in [3.63, 3.8) is 0 Å². The Bertz CT molecular complexity index is 644. The zero-order valence-corrected chi connectivity index (χ0v) is 12.4. The van der Waals surface area contributed by atoms with E-state index >= 15 is 0 Å². The molecule has 2 aromatic carbocycles. The first-order chi connectivity index (χ1) is 9.51. The maximum absolute atomic E-state index is 12.1. The SMILES string of the molecule is NNc1ccc(C(=O)Nc2cc(Cl)c(Cl)cc2Cl)cc1. The molecule has 7 heteroatoms. The number of carbonyl (C=O) groups is 1. The Morgan fingerprint density at radius 2 is 1.55 bits per heavy atom. The largest absolute Gasteiger partial charge is 0.324 e. The summed E-state index contributed by atoms with van der Waals surface area (Å²) in [5.74, 6) is 4.94. The van der Waals surface area contributed by atoms with Crippen LogP contribution < -0.4 is 16.6 Å². The molecule has 20 heavy (non-hydrogen) atoms. The first kappa shape index (κ1) is 14.9. The molecule has 104 valence electrons. The minimum absolute atomic E-state index is 0.311. The Kier molecular flexibility index (Phi) is 4.73. The van der Waals surface area contributed by atoms with Crippen LogP contribution in [-0.4, -0.2) is 5.91 Å². The number of nitrogens with two attached hydrogens (primary N) is 1. The van der Waals surface area contributed by atoms with E-state index in [-0.39, 0.29) is 5.91 Å². The summed E-state index contributed by atoms with van der Waals surface area (Å²) in [6.45, 7) is 0. The quantitative estimate of drug-likeness (QED) is 0.449. The van der Waals surface area contributed by atoms with Crippen molar-refractivity contribution < 1.29 is 4.79 Å². The highest BCUT2D eigenvalue weighted by Crippen LogP contribution is 2.32. The number of rotatable bonds is 3. The van der Waals surface area contributed by atoms with Gasteiger partial charge in [0.2, 0.25) is 0 Å². The summed E-state index contributed by atoms with van der Waals surface area (Å²) in [6.07, 6.45) is 0. The lowest BCUT2D eigenvalue weighted by atomic mass is 10.2. The molecule has 4 nitrogen and oxygen atoms in total. The lowest BCUT2D eigenvalue weighted by molar-refractivity contribution is 0.102. The van der Waals surface area contributed by atoms with E-state index in [1.54, 1.807) is 24.3 Å². The van der Waals surface area contributed by atoms with Gasteiger partial charge >= 0.3 is 0 Å². The Morgan fingerprint density at radius 3 is 2.15 bits per heavy atom. The summed E-state index contributed by atoms with van der Waals surface area (Å²) < 4.78 is 0. The molecule has 0 atom stereocenters. The maximum Gasteiger partial charge on any atom is 0.255 e. The van der Waals surface area contributed by atoms with Crippen LogP contribution in [0.2, 0.25) is 15.1 Å². The number of nitrogen functional groups attached to an aromatic ring is 1. The molecule has 2 aromatic rings. The minimum atomic E-state index is -0.311. The van der Waals surface area contributed by atoms with Gasteiger partial charge in [0.25, 0.3) is 5.91 Å². The van der Waals surface area contributed by atoms with Crippen molar-refractivity contribution in [2.75, 3.05) is 10.7 Å². The highest BCUT2D eigenvalue weighted by atomic mass is 35.5. The zero-order valence-electron chi connectivity index (χ0n) is 10.1. The summed E-state index contributed by atoms with van der Waals surface area (Å²) in [6, 6.07) is 9.62. The molecule has 0 unspecified atom stereocenters. The van der Waals surface area contributed by atoms with Crippen LogP contribution in [0, 0.1) is 0 Å². The van der Waals surface area contributed by atoms with E-state index in [2.05, 4.69) is 10.7 Å². The van der Waals surface area contributed by atoms with Crippen molar-refractivity contribution in [1.82, 2.24) is 0 Å². The highest BCUT2D eigenvalue weighted by molar-refractivity contribution is 6.44. The summed E-state index contributed by atoms with van der Waals surface area (Å²) >= 11 is 17.7. The lowest BCUT2D eigenvalue weighted by Crippen LogP contribution is -2.13. The molecule has 0 fully saturated rings. The Hall–Kier alpha value is -1.46. The molecule has 0 spiro atoms. The predicted octanol–water partition coefficient (Wildman–Crippen LogP) is 4.18. The predicted molar refractivity (Wildman–Crippen MR) is 83.7 cm³/mol. The molecule has 0 aliphatic heterocycles. The molecule has 0 radical (unpaired) electrons. The molecule has 0 heterocycles. The third-order valence-corrected chi connectivity index (χ3v) is 3.61. The zero-order chi connectivity index (χ0) is 14.7. The number of hydrogen-bond acceptors (Lipinski definition) is 3. The van der Waals surface area contributed by atoms with Crippen LogP contribution in [0.5, 0.6) is 0 Å². The Balaban J connectivity index is 2.20. The van der Waals surface area contributed by atoms with E-state index < -0.39 is 0 Å². The van der Waals surface area contributed by atoms with Crippen LogP contribution in [-0.2, 0) is 0 Å². The van der Waals surface area contributed by atoms with Crippen molar-refractivity contribution in [3.05, 3.63) is 57.0 Å². The van der Waals surface area contributed by atoms with Crippen molar-refractivity contribution in [3.8, 4) is 0 Å². The third-order valence-electron chi connectivity index (χ3n) is 2.57. The van der Waals surface area contributed by atoms with Crippen LogP contribution in [0.15, 0.2) is 36.4 Å². The van der Waals surface area contributed by atoms with E-state index in [9.17, 15) is 4.79 Å². The molecular weight excluding hydrogens is 321 g/mol. The minimum Gasteiger partial charge on any atom is -0.324 e. The molecule has 0 saturated carbocycles. The summed E-state index contributed by atoms with van der Waals surface area (Å²) in [4.78, 5) is 12.1. The number of anilines is 2. The molecule has 2 rings (SSSR count). The van der Waals surface area contributed by atoms with Crippen LogP contribution in [0.25, 0.3) is 0 Å². The van der Waals surface area contributed by atoms with Gasteiger partial charge in [-0.1, -0.05) is 34.8 Å². The fraction of sp³-hybridized carbons (Fsp3) is 0. The number of carbonyl (C=O) groups excluding carboxylic acids is 1. The second-order valence-electron chi connectivity index (χ2n) is 3.92. The van der Waals surface area contributed by atoms with Gasteiger partial charge in [-0.2, -0.15) is 0 Å². The number of benzene rings is 2. The second kappa shape index (κ2) is 6.33. The second-order valence-corrected chi connectivity index (χ2v) is 5.14. The van der Waals surface area contributed by atoms with Gasteiger partial charge in [-0.15, -0.1) is 0 Å². The average Bonchev–Trinajstić information content (AvgIpc) is 2.44. The molecule has 0 bridgehead atoms. The first-order valence-corrected chi connectivity index (χ1v) is 6.67. The number of nitrogens with one attached hydrogen (secondary N) is 2. The van der Waals surface area contributed by atoms with Gasteiger partial charge in [0.05, 0.1) is 20.8 Å². The van der Waals surface area contributed by atoms with Gasteiger partial charge in [-0.3, -0.25) is 10.6 Å². The molecular formula is C13H10Cl3N3O. The molecule has 1 amide bonds. The molecule has 0 aliphatic carbocycles. The lowest BCUT2D eigenvalue weighted by Gasteiger charge is -2.09. The van der Waals surface area contributed by atoms with E-state index in [0.29, 0.717) is 32.0 Å². The fourth-order valence-corrected chi connectivity index (χ4v) is 2.12. The van der Waals surface area contributed by atoms with Gasteiger partial charge in [-0.25, -0.2) is 0 Å². The summed E-state index contributed by atoms with van der Waals surface area (Å²) in [5, 5.41) is 3.62. The topological polar surface area (TPSA) is 67.1 Å². The smallest absolute Gasteiger partial charge is 0.255 e. The van der Waals surface area contributed by atoms with Crippen LogP contribution >= 0.6 is 34.8 Å². The highest BCUT2D eigenvalue weighted by Gasteiger charge is 2.11. The number of amides is 1. The van der Waals surface area contributed by atoms with Gasteiger partial charge in [0.1, 0.15) is 0 Å². The number of halogens is 3. The van der Waals surface area contributed by atoms with Crippen molar-refractivity contribution in [2.45, 2.75) is 0 Å². The van der Waals surface area contributed by atoms with E-state index in [1.807, 2.05) is 0 Å². The van der Waals surface area contributed by atoms with E-state index in [4.69, 9.17) is 40.6 Å². The Labute approximate surface area is 130 Å². The number of hydrogen-bond donors (Lipinski definition) is 3. The monoisotopic (exact) mass is 329 g/mol. The number of hydrazine groups is 1. The Morgan fingerprint density at radius 1 is 0.950 bits per heavy atom. The first-order valence-electron chi connectivity index (χ1n) is 5.54. The average molecular weight is 331 g/mol. The molecule has 0 saturated heterocycles. The summed E-state index contributed by atoms with van der Waals surface area (Å²) in [5.41, 5.74) is 4.04. The van der Waals surface area contributed by atoms with Gasteiger partial charge in [-0.05, 0) is 36.4 Å². The van der Waals surface area contributed by atoms with Crippen LogP contribution in [0.3, 0.4) is 0 Å². The maximum atomic E-state index is 12.1. The normalized spacial score (nSPS) is 10.2. The van der Waals surface area contributed by atoms with Gasteiger partial charge < -0.3 is 10.7 Å². The molecule has 0 aliphatic rings. The van der Waals surface area contributed by atoms with Crippen LogP contribution in [0.1, 0.15) is 10.4 Å². The molecule has 4 N–H and O–H groups in total. The van der Waals surface area contributed by atoms with E-state index in [1.165, 1.54) is 12.1 Å². The van der Waals surface area contributed by atoms with Crippen molar-refractivity contribution in [2.24, 2.45) is 5.84 Å². The third kappa shape index (κ3) is 3.35. The summed E-state index contributed by atoms with van der Waals surface area (Å²) in [7, 11) is 0. The van der Waals surface area contributed by atoms with Crippen molar-refractivity contribution >= 4 is 52.1 Å². The van der Waals surface area contributed by atoms with Crippen molar-refractivity contribution in [1.29, 1.82) is 0 Å². The van der Waals surface area contributed by atoms with Crippen LogP contribution in [0.4, 0.5) is 11.4 Å².